The molecule has 0 unspecified atom stereocenters. The Bertz CT molecular complexity index is 1730. The molecule has 0 aliphatic heterocycles. The van der Waals surface area contributed by atoms with Crippen LogP contribution in [-0.2, 0) is 22.4 Å². The molecular formula is C37H41Cl4NO9. The summed E-state index contributed by atoms with van der Waals surface area (Å²) >= 11 is 23.5. The van der Waals surface area contributed by atoms with Crippen LogP contribution in [0.1, 0.15) is 73.8 Å². The van der Waals surface area contributed by atoms with Crippen molar-refractivity contribution >= 4 is 70.1 Å². The lowest BCUT2D eigenvalue weighted by molar-refractivity contribution is 0.0592. The summed E-state index contributed by atoms with van der Waals surface area (Å²) in [5.74, 6) is -1.02. The normalized spacial score (nSPS) is 9.59. The van der Waals surface area contributed by atoms with E-state index in [0.29, 0.717) is 18.5 Å². The molecule has 276 valence electrons. The number of ketones is 1. The lowest BCUT2D eigenvalue weighted by atomic mass is 10.0. The summed E-state index contributed by atoms with van der Waals surface area (Å²) in [4.78, 5) is 45.8. The number of hydrogen-bond acceptors (Lipinski definition) is 9. The summed E-state index contributed by atoms with van der Waals surface area (Å²) in [6.45, 7) is 0.567. The number of carboxylic acids is 1. The second-order valence-electron chi connectivity index (χ2n) is 9.75. The third-order valence-electron chi connectivity index (χ3n) is 6.58. The molecule has 0 aromatic heterocycles. The van der Waals surface area contributed by atoms with Crippen LogP contribution in [0.5, 0.6) is 11.5 Å². The highest BCUT2D eigenvalue weighted by Gasteiger charge is 2.20. The highest BCUT2D eigenvalue weighted by atomic mass is 35.5. The van der Waals surface area contributed by atoms with Crippen LogP contribution in [0.25, 0.3) is 0 Å². The van der Waals surface area contributed by atoms with Crippen LogP contribution >= 0.6 is 46.4 Å². The molecule has 0 saturated heterocycles. The molecule has 0 aliphatic carbocycles. The monoisotopic (exact) mass is 783 g/mol. The van der Waals surface area contributed by atoms with Crippen molar-refractivity contribution in [3.63, 3.8) is 0 Å². The average molecular weight is 786 g/mol. The molecule has 0 radical (unpaired) electrons. The first-order valence-electron chi connectivity index (χ1n) is 14.2. The second kappa shape index (κ2) is 23.2. The minimum atomic E-state index is -1.17. The molecule has 4 aromatic carbocycles. The van der Waals surface area contributed by atoms with E-state index >= 15 is 0 Å². The van der Waals surface area contributed by atoms with Gasteiger partial charge in [0.15, 0.2) is 5.78 Å². The number of carboxylic acid groups (broad SMARTS) is 1. The lowest BCUT2D eigenvalue weighted by Gasteiger charge is -2.08. The highest BCUT2D eigenvalue weighted by Crippen LogP contribution is 2.29. The third-order valence-corrected chi connectivity index (χ3v) is 7.77. The smallest absolute Gasteiger partial charge is 0.340 e. The van der Waals surface area contributed by atoms with Crippen molar-refractivity contribution in [2.45, 2.75) is 34.2 Å². The molecule has 10 nitrogen and oxygen atoms in total. The molecule has 3 N–H and O–H groups in total. The molecule has 0 saturated carbocycles. The van der Waals surface area contributed by atoms with Crippen LogP contribution in [-0.4, -0.2) is 57.2 Å². The molecule has 51 heavy (non-hydrogen) atoms. The van der Waals surface area contributed by atoms with Crippen molar-refractivity contribution in [1.82, 2.24) is 0 Å². The molecule has 0 bridgehead atoms. The summed E-state index contributed by atoms with van der Waals surface area (Å²) in [5.41, 5.74) is 7.81. The Morgan fingerprint density at radius 2 is 1.02 bits per heavy atom. The first-order chi connectivity index (χ1) is 23.3. The predicted octanol–water partition coefficient (Wildman–Crippen LogP) is 9.51. The number of aryl methyl sites for hydroxylation is 1. The zero-order valence-electron chi connectivity index (χ0n) is 26.9. The number of esters is 2. The van der Waals surface area contributed by atoms with Gasteiger partial charge < -0.3 is 29.8 Å². The molecule has 4 rings (SSSR count). The summed E-state index contributed by atoms with van der Waals surface area (Å²) < 4.78 is 19.2. The molecule has 4 aromatic rings. The van der Waals surface area contributed by atoms with Gasteiger partial charge in [-0.1, -0.05) is 85.5 Å². The fourth-order valence-corrected chi connectivity index (χ4v) is 5.34. The van der Waals surface area contributed by atoms with E-state index < -0.39 is 17.9 Å². The van der Waals surface area contributed by atoms with Gasteiger partial charge in [-0.25, -0.2) is 14.4 Å². The minimum absolute atomic E-state index is 0. The van der Waals surface area contributed by atoms with Gasteiger partial charge in [0, 0.05) is 18.5 Å². The number of nitrogens with two attached hydrogens (primary N) is 1. The first-order valence-corrected chi connectivity index (χ1v) is 15.7. The Hall–Kier alpha value is -4.32. The summed E-state index contributed by atoms with van der Waals surface area (Å²) in [6.07, 6.45) is 0.849. The summed E-state index contributed by atoms with van der Waals surface area (Å²) in [7, 11) is 5.66. The zero-order chi connectivity index (χ0) is 36.7. The number of benzene rings is 4. The Balaban J connectivity index is 0.000000793. The number of ether oxygens (including phenoxy) is 4. The van der Waals surface area contributed by atoms with Crippen molar-refractivity contribution < 1.29 is 43.2 Å². The topological polar surface area (TPSA) is 151 Å². The van der Waals surface area contributed by atoms with E-state index in [-0.39, 0.29) is 63.8 Å². The Morgan fingerprint density at radius 1 is 0.627 bits per heavy atom. The van der Waals surface area contributed by atoms with Gasteiger partial charge in [0.25, 0.3) is 0 Å². The number of carbonyl (C=O) groups is 4. The Morgan fingerprint density at radius 3 is 1.39 bits per heavy atom. The van der Waals surface area contributed by atoms with Gasteiger partial charge in [0.2, 0.25) is 0 Å². The van der Waals surface area contributed by atoms with E-state index in [0.717, 1.165) is 34.8 Å². The number of rotatable bonds is 10. The van der Waals surface area contributed by atoms with Gasteiger partial charge in [-0.2, -0.15) is 0 Å². The van der Waals surface area contributed by atoms with Crippen LogP contribution in [0.3, 0.4) is 0 Å². The van der Waals surface area contributed by atoms with Gasteiger partial charge in [-0.15, -0.1) is 0 Å². The van der Waals surface area contributed by atoms with Gasteiger partial charge in [0.05, 0.1) is 65.2 Å². The van der Waals surface area contributed by atoms with E-state index in [1.807, 2.05) is 48.5 Å². The van der Waals surface area contributed by atoms with Crippen LogP contribution in [0.4, 0.5) is 0 Å². The minimum Gasteiger partial charge on any atom is -0.497 e. The number of aromatic carboxylic acids is 1. The molecule has 0 amide bonds. The van der Waals surface area contributed by atoms with E-state index in [1.165, 1.54) is 26.4 Å². The fourth-order valence-electron chi connectivity index (χ4n) is 4.05. The molecule has 0 spiro atoms. The maximum atomic E-state index is 12.4. The lowest BCUT2D eigenvalue weighted by Crippen LogP contribution is -2.07. The number of hydrogen-bond donors (Lipinski definition) is 2. The number of methoxy groups -OCH3 is 4. The molecule has 14 heteroatoms. The van der Waals surface area contributed by atoms with Crippen molar-refractivity contribution in [1.29, 1.82) is 0 Å². The molecule has 0 aliphatic rings. The van der Waals surface area contributed by atoms with Gasteiger partial charge in [-0.3, -0.25) is 4.79 Å². The van der Waals surface area contributed by atoms with Crippen LogP contribution in [0.2, 0.25) is 20.1 Å². The van der Waals surface area contributed by atoms with Crippen molar-refractivity contribution in [3.8, 4) is 11.5 Å². The summed E-state index contributed by atoms with van der Waals surface area (Å²) in [5, 5.41) is 8.78. The van der Waals surface area contributed by atoms with Crippen LogP contribution in [0.15, 0.2) is 72.8 Å². The van der Waals surface area contributed by atoms with E-state index in [2.05, 4.69) is 9.47 Å². The number of Topliss-reactive ketones (excluding diaryl/α,β-unsaturated/α-hetero) is 1. The number of carbonyl (C=O) groups excluding carboxylic acids is 3. The molecule has 0 fully saturated rings. The Kier molecular flexibility index (Phi) is 21.2. The Labute approximate surface area is 318 Å². The number of halogens is 4. The highest BCUT2D eigenvalue weighted by molar-refractivity contribution is 6.40. The molecular weight excluding hydrogens is 744 g/mol. The molecule has 0 heterocycles. The first kappa shape index (κ1) is 46.7. The second-order valence-corrected chi connectivity index (χ2v) is 11.4. The third kappa shape index (κ3) is 14.1. The maximum Gasteiger partial charge on any atom is 0.340 e. The van der Waals surface area contributed by atoms with E-state index in [1.54, 1.807) is 14.2 Å². The van der Waals surface area contributed by atoms with E-state index in [9.17, 15) is 19.2 Å². The average Bonchev–Trinajstić information content (AvgIpc) is 3.10. The fraction of sp³-hybridized carbons (Fsp3) is 0.243. The largest absolute Gasteiger partial charge is 0.497 e. The quantitative estimate of drug-likeness (QED) is 0.118. The standard InChI is InChI=1S/C18H16Cl2O4.C9H6Cl2O4.C8H11NO.2CH4/c1-23-13-5-3-4-11(8-13)6-7-16(21)12-9-14(19)17(15(20)10-12)18(22)24-2;1-15-9(14)7-5(10)2-4(8(12)13)3-6(7)11;1-10-8-4-2-3-7(5-8)6-9;;/h3-5,8-10H,6-7H2,1-2H3;2-3H,1H3,(H,12,13);2-5H,6,9H2,1H3;2*1H4. The van der Waals surface area contributed by atoms with Gasteiger partial charge in [0.1, 0.15) is 11.5 Å². The maximum absolute atomic E-state index is 12.4. The van der Waals surface area contributed by atoms with Gasteiger partial charge in [-0.05, 0) is 66.1 Å². The van der Waals surface area contributed by atoms with Crippen molar-refractivity contribution in [2.24, 2.45) is 5.73 Å². The SMILES string of the molecule is C.C.COC(=O)c1c(Cl)cc(C(=O)CCc2cccc(OC)c2)cc1Cl.COC(=O)c1c(Cl)cc(C(=O)O)cc1Cl.COc1cccc(CN)c1. The van der Waals surface area contributed by atoms with Gasteiger partial charge >= 0.3 is 17.9 Å². The van der Waals surface area contributed by atoms with E-state index in [4.69, 9.17) is 66.7 Å². The predicted molar refractivity (Wildman–Crippen MR) is 203 cm³/mol. The van der Waals surface area contributed by atoms with Crippen molar-refractivity contribution in [2.75, 3.05) is 28.4 Å². The van der Waals surface area contributed by atoms with Crippen LogP contribution < -0.4 is 15.2 Å². The van der Waals surface area contributed by atoms with Crippen molar-refractivity contribution in [3.05, 3.63) is 126 Å². The van der Waals surface area contributed by atoms with Crippen LogP contribution in [0, 0.1) is 0 Å². The molecule has 0 atom stereocenters. The summed E-state index contributed by atoms with van der Waals surface area (Å²) in [6, 6.07) is 20.4. The zero-order valence-corrected chi connectivity index (χ0v) is 29.9.